The van der Waals surface area contributed by atoms with Crippen LogP contribution in [-0.2, 0) is 4.79 Å². The van der Waals surface area contributed by atoms with Gasteiger partial charge in [-0.15, -0.1) is 0 Å². The highest BCUT2D eigenvalue weighted by Crippen LogP contribution is 2.25. The molecule has 7 heteroatoms. The second-order valence-corrected chi connectivity index (χ2v) is 4.54. The first-order valence-electron chi connectivity index (χ1n) is 6.39. The zero-order valence-corrected chi connectivity index (χ0v) is 11.7. The van der Waals surface area contributed by atoms with Gasteiger partial charge in [0.25, 0.3) is 11.6 Å². The molecule has 0 unspecified atom stereocenters. The number of para-hydroxylation sites is 1. The maximum Gasteiger partial charge on any atom is 0.293 e. The Labute approximate surface area is 125 Å². The molecule has 0 atom stereocenters. The first kappa shape index (κ1) is 15.4. The molecular weight excluding hydrogens is 291 g/mol. The van der Waals surface area contributed by atoms with E-state index in [9.17, 15) is 19.3 Å². The predicted octanol–water partition coefficient (Wildman–Crippen LogP) is 3.06. The van der Waals surface area contributed by atoms with E-state index in [1.807, 2.05) is 0 Å². The van der Waals surface area contributed by atoms with Gasteiger partial charge in [0, 0.05) is 6.07 Å². The van der Waals surface area contributed by atoms with Gasteiger partial charge in [-0.05, 0) is 30.7 Å². The van der Waals surface area contributed by atoms with Crippen LogP contribution in [0.4, 0.5) is 15.8 Å². The molecule has 0 aliphatic rings. The van der Waals surface area contributed by atoms with Crippen molar-refractivity contribution in [3.63, 3.8) is 0 Å². The molecule has 114 valence electrons. The number of ether oxygens (including phenoxy) is 1. The molecule has 0 heterocycles. The van der Waals surface area contributed by atoms with Gasteiger partial charge in [-0.2, -0.15) is 0 Å². The second kappa shape index (κ2) is 6.66. The van der Waals surface area contributed by atoms with Crippen LogP contribution in [0.15, 0.2) is 42.5 Å². The van der Waals surface area contributed by atoms with E-state index in [4.69, 9.17) is 4.74 Å². The van der Waals surface area contributed by atoms with Gasteiger partial charge in [-0.3, -0.25) is 14.9 Å². The van der Waals surface area contributed by atoms with Crippen LogP contribution in [-0.4, -0.2) is 17.4 Å². The molecule has 0 aliphatic heterocycles. The van der Waals surface area contributed by atoms with E-state index in [2.05, 4.69) is 5.32 Å². The second-order valence-electron chi connectivity index (χ2n) is 4.54. The molecule has 6 nitrogen and oxygen atoms in total. The summed E-state index contributed by atoms with van der Waals surface area (Å²) in [5, 5.41) is 13.3. The minimum atomic E-state index is -0.616. The molecule has 0 bridgehead atoms. The van der Waals surface area contributed by atoms with Crippen molar-refractivity contribution in [2.45, 2.75) is 6.92 Å². The molecule has 22 heavy (non-hydrogen) atoms. The smallest absolute Gasteiger partial charge is 0.293 e. The summed E-state index contributed by atoms with van der Waals surface area (Å²) in [7, 11) is 0. The number of nitrogens with zero attached hydrogens (tertiary/aromatic N) is 1. The Bertz CT molecular complexity index is 718. The SMILES string of the molecule is Cc1ccc(NC(=O)COc2ccccc2F)c([N+](=O)[O-])c1. The standard InChI is InChI=1S/C15H13FN2O4/c1-10-6-7-12(13(8-10)18(20)21)17-15(19)9-22-14-5-3-2-4-11(14)16/h2-8H,9H2,1H3,(H,17,19). The number of nitro benzene ring substituents is 1. The van der Waals surface area contributed by atoms with E-state index in [0.717, 1.165) is 0 Å². The number of anilines is 1. The quantitative estimate of drug-likeness (QED) is 0.680. The highest BCUT2D eigenvalue weighted by molar-refractivity contribution is 5.94. The topological polar surface area (TPSA) is 81.5 Å². The molecule has 1 amide bonds. The number of hydrogen-bond donors (Lipinski definition) is 1. The normalized spacial score (nSPS) is 10.1. The molecule has 0 spiro atoms. The fourth-order valence-corrected chi connectivity index (χ4v) is 1.79. The number of halogens is 1. The number of carbonyl (C=O) groups is 1. The maximum absolute atomic E-state index is 13.3. The van der Waals surface area contributed by atoms with Gasteiger partial charge in [0.15, 0.2) is 18.2 Å². The van der Waals surface area contributed by atoms with Crippen molar-refractivity contribution in [3.8, 4) is 5.75 Å². The van der Waals surface area contributed by atoms with E-state index in [0.29, 0.717) is 5.56 Å². The van der Waals surface area contributed by atoms with Crippen LogP contribution in [0.25, 0.3) is 0 Å². The number of benzene rings is 2. The van der Waals surface area contributed by atoms with Crippen LogP contribution in [0.2, 0.25) is 0 Å². The summed E-state index contributed by atoms with van der Waals surface area (Å²) >= 11 is 0. The molecule has 0 aliphatic carbocycles. The largest absolute Gasteiger partial charge is 0.481 e. The lowest BCUT2D eigenvalue weighted by molar-refractivity contribution is -0.384. The van der Waals surface area contributed by atoms with E-state index in [1.165, 1.54) is 30.3 Å². The molecule has 2 aromatic carbocycles. The van der Waals surface area contributed by atoms with Crippen molar-refractivity contribution in [1.29, 1.82) is 0 Å². The molecular formula is C15H13FN2O4. The van der Waals surface area contributed by atoms with Gasteiger partial charge in [0.05, 0.1) is 4.92 Å². The minimum absolute atomic E-state index is 0.0592. The zero-order valence-electron chi connectivity index (χ0n) is 11.7. The maximum atomic E-state index is 13.3. The van der Waals surface area contributed by atoms with E-state index in [1.54, 1.807) is 19.1 Å². The Morgan fingerprint density at radius 2 is 2.05 bits per heavy atom. The van der Waals surface area contributed by atoms with E-state index < -0.39 is 23.3 Å². The van der Waals surface area contributed by atoms with Crippen LogP contribution in [0.3, 0.4) is 0 Å². The minimum Gasteiger partial charge on any atom is -0.481 e. The van der Waals surface area contributed by atoms with Gasteiger partial charge in [0.1, 0.15) is 5.69 Å². The van der Waals surface area contributed by atoms with Crippen molar-refractivity contribution >= 4 is 17.3 Å². The summed E-state index contributed by atoms with van der Waals surface area (Å²) in [6.07, 6.45) is 0. The van der Waals surface area contributed by atoms with E-state index in [-0.39, 0.29) is 17.1 Å². The third-order valence-electron chi connectivity index (χ3n) is 2.82. The zero-order chi connectivity index (χ0) is 16.1. The number of nitro groups is 1. The van der Waals surface area contributed by atoms with Crippen LogP contribution in [0.1, 0.15) is 5.56 Å². The Kier molecular flexibility index (Phi) is 4.67. The Balaban J connectivity index is 2.04. The summed E-state index contributed by atoms with van der Waals surface area (Å²) in [5.74, 6) is -1.26. The van der Waals surface area contributed by atoms with Gasteiger partial charge in [0.2, 0.25) is 0 Å². The number of nitrogens with one attached hydrogen (secondary N) is 1. The van der Waals surface area contributed by atoms with Crippen LogP contribution >= 0.6 is 0 Å². The monoisotopic (exact) mass is 304 g/mol. The highest BCUT2D eigenvalue weighted by Gasteiger charge is 2.16. The van der Waals surface area contributed by atoms with Crippen molar-refractivity contribution in [3.05, 3.63) is 64.0 Å². The molecule has 0 saturated heterocycles. The summed E-state index contributed by atoms with van der Waals surface area (Å²) in [5.41, 5.74) is 0.560. The van der Waals surface area contributed by atoms with Crippen LogP contribution < -0.4 is 10.1 Å². The number of aryl methyl sites for hydroxylation is 1. The Morgan fingerprint density at radius 1 is 1.32 bits per heavy atom. The summed E-state index contributed by atoms with van der Waals surface area (Å²) in [4.78, 5) is 22.1. The summed E-state index contributed by atoms with van der Waals surface area (Å²) in [6.45, 7) is 1.26. The average Bonchev–Trinajstić information content (AvgIpc) is 2.48. The van der Waals surface area contributed by atoms with Crippen molar-refractivity contribution in [2.24, 2.45) is 0 Å². The lowest BCUT2D eigenvalue weighted by atomic mass is 10.2. The molecule has 1 N–H and O–H groups in total. The number of amides is 1. The molecule has 0 fully saturated rings. The molecule has 2 aromatic rings. The number of rotatable bonds is 5. The molecule has 0 aromatic heterocycles. The van der Waals surface area contributed by atoms with Crippen molar-refractivity contribution in [2.75, 3.05) is 11.9 Å². The lowest BCUT2D eigenvalue weighted by Crippen LogP contribution is -2.21. The summed E-state index contributed by atoms with van der Waals surface area (Å²) in [6, 6.07) is 10.1. The third kappa shape index (κ3) is 3.78. The van der Waals surface area contributed by atoms with Crippen molar-refractivity contribution < 1.29 is 18.8 Å². The van der Waals surface area contributed by atoms with E-state index >= 15 is 0 Å². The fourth-order valence-electron chi connectivity index (χ4n) is 1.79. The first-order valence-corrected chi connectivity index (χ1v) is 6.39. The Hall–Kier alpha value is -2.96. The van der Waals surface area contributed by atoms with Crippen LogP contribution in [0.5, 0.6) is 5.75 Å². The Morgan fingerprint density at radius 3 is 2.73 bits per heavy atom. The molecule has 0 radical (unpaired) electrons. The third-order valence-corrected chi connectivity index (χ3v) is 2.82. The van der Waals surface area contributed by atoms with Gasteiger partial charge < -0.3 is 10.1 Å². The number of hydrogen-bond acceptors (Lipinski definition) is 4. The summed E-state index contributed by atoms with van der Waals surface area (Å²) < 4.78 is 18.4. The van der Waals surface area contributed by atoms with Gasteiger partial charge >= 0.3 is 0 Å². The first-order chi connectivity index (χ1) is 10.5. The van der Waals surface area contributed by atoms with Crippen molar-refractivity contribution in [1.82, 2.24) is 0 Å². The molecule has 0 saturated carbocycles. The van der Waals surface area contributed by atoms with Gasteiger partial charge in [-0.1, -0.05) is 18.2 Å². The number of carbonyl (C=O) groups excluding carboxylic acids is 1. The van der Waals surface area contributed by atoms with Gasteiger partial charge in [-0.25, -0.2) is 4.39 Å². The lowest BCUT2D eigenvalue weighted by Gasteiger charge is -2.08. The average molecular weight is 304 g/mol. The molecule has 2 rings (SSSR count). The fraction of sp³-hybridized carbons (Fsp3) is 0.133. The highest BCUT2D eigenvalue weighted by atomic mass is 19.1. The van der Waals surface area contributed by atoms with Crippen LogP contribution in [0, 0.1) is 22.9 Å². The predicted molar refractivity (Wildman–Crippen MR) is 78.4 cm³/mol.